The number of rotatable bonds is 33. The Balaban J connectivity index is 2.52. The van der Waals surface area contributed by atoms with E-state index in [0.717, 1.165) is 44.9 Å². The number of unbranched alkanes of at least 4 members (excludes halogenated alkanes) is 22. The van der Waals surface area contributed by atoms with Crippen LogP contribution in [0.25, 0.3) is 0 Å². The molecule has 1 saturated heterocycles. The fourth-order valence-corrected chi connectivity index (χ4v) is 6.62. The number of hydrogen-bond donors (Lipinski definition) is 7. The maximum Gasteiger partial charge on any atom is 0.335 e. The number of carbonyl (C=O) groups excluding carboxylic acids is 1. The topological polar surface area (TPSA) is 186 Å². The largest absolute Gasteiger partial charge is 0.479 e. The number of nitrogens with one attached hydrogen (secondary N) is 1. The van der Waals surface area contributed by atoms with Gasteiger partial charge in [-0.25, -0.2) is 4.79 Å². The SMILES string of the molecule is CCCCCCCCCCCCCCC[C@@H](O)[C@H](CO[C@H]1O[C@H](C(=O)O)[C@@H](O)[C@H](O)[C@H]1O)NC(=O)[C@@H](O)CCCCCCCCCCCCC. The molecule has 0 unspecified atom stereocenters. The molecular formula is C39H75NO10. The maximum atomic E-state index is 13.0. The van der Waals surface area contributed by atoms with Crippen LogP contribution < -0.4 is 5.32 Å². The average Bonchev–Trinajstić information content (AvgIpc) is 3.10. The third-order valence-electron chi connectivity index (χ3n) is 10.0. The predicted octanol–water partition coefficient (Wildman–Crippen LogP) is 6.28. The summed E-state index contributed by atoms with van der Waals surface area (Å²) in [4.78, 5) is 24.4. The molecule has 0 aromatic heterocycles. The van der Waals surface area contributed by atoms with Crippen molar-refractivity contribution in [3.8, 4) is 0 Å². The summed E-state index contributed by atoms with van der Waals surface area (Å²) in [5.74, 6) is -2.17. The molecule has 1 aliphatic rings. The minimum absolute atomic E-state index is 0.292. The van der Waals surface area contributed by atoms with Crippen LogP contribution in [0.15, 0.2) is 0 Å². The Morgan fingerprint density at radius 2 is 1.00 bits per heavy atom. The molecule has 296 valence electrons. The van der Waals surface area contributed by atoms with Crippen LogP contribution in [0.3, 0.4) is 0 Å². The van der Waals surface area contributed by atoms with Crippen molar-refractivity contribution in [1.29, 1.82) is 0 Å². The molecule has 8 atom stereocenters. The standard InChI is InChI=1S/C39H75NO10/c1-3-5-7-9-11-13-15-16-18-19-21-23-25-27-31(41)30(29-49-39-35(45)33(43)34(44)36(50-39)38(47)48)40-37(46)32(42)28-26-24-22-20-17-14-12-10-8-6-4-2/h30-36,39,41-45H,3-29H2,1-2H3,(H,40,46)(H,47,48)/t30-,31+,32-,33-,34-,35+,36-,39-/m0/s1. The first-order valence-corrected chi connectivity index (χ1v) is 20.3. The number of aliphatic hydroxyl groups is 5. The van der Waals surface area contributed by atoms with Gasteiger partial charge in [-0.05, 0) is 12.8 Å². The summed E-state index contributed by atoms with van der Waals surface area (Å²) in [5.41, 5.74) is 0. The van der Waals surface area contributed by atoms with E-state index in [4.69, 9.17) is 9.47 Å². The van der Waals surface area contributed by atoms with E-state index in [1.807, 2.05) is 0 Å². The fourth-order valence-electron chi connectivity index (χ4n) is 6.62. The van der Waals surface area contributed by atoms with E-state index in [1.165, 1.54) is 103 Å². The van der Waals surface area contributed by atoms with Crippen LogP contribution >= 0.6 is 0 Å². The zero-order valence-electron chi connectivity index (χ0n) is 31.5. The highest BCUT2D eigenvalue weighted by Gasteiger charge is 2.47. The molecule has 7 N–H and O–H groups in total. The smallest absolute Gasteiger partial charge is 0.335 e. The molecule has 0 saturated carbocycles. The Morgan fingerprint density at radius 3 is 1.42 bits per heavy atom. The van der Waals surface area contributed by atoms with Crippen molar-refractivity contribution in [1.82, 2.24) is 5.32 Å². The Hall–Kier alpha value is -1.34. The molecule has 11 nitrogen and oxygen atoms in total. The van der Waals surface area contributed by atoms with Gasteiger partial charge in [-0.1, -0.05) is 168 Å². The number of aliphatic hydroxyl groups excluding tert-OH is 5. The molecule has 50 heavy (non-hydrogen) atoms. The number of hydrogen-bond acceptors (Lipinski definition) is 9. The van der Waals surface area contributed by atoms with E-state index < -0.39 is 60.8 Å². The first-order valence-electron chi connectivity index (χ1n) is 20.3. The second kappa shape index (κ2) is 30.2. The summed E-state index contributed by atoms with van der Waals surface area (Å²) >= 11 is 0. The third kappa shape index (κ3) is 21.2. The molecule has 1 aliphatic heterocycles. The van der Waals surface area contributed by atoms with E-state index in [9.17, 15) is 40.2 Å². The van der Waals surface area contributed by atoms with Gasteiger partial charge in [-0.3, -0.25) is 4.79 Å². The average molecular weight is 718 g/mol. The quantitative estimate of drug-likeness (QED) is 0.0381. The van der Waals surface area contributed by atoms with Crippen LogP contribution in [0.1, 0.15) is 181 Å². The normalized spacial score (nSPS) is 22.7. The molecule has 11 heteroatoms. The van der Waals surface area contributed by atoms with Crippen LogP contribution in [-0.2, 0) is 19.1 Å². The lowest BCUT2D eigenvalue weighted by molar-refractivity contribution is -0.295. The van der Waals surface area contributed by atoms with Crippen molar-refractivity contribution >= 4 is 11.9 Å². The second-order valence-electron chi connectivity index (χ2n) is 14.6. The van der Waals surface area contributed by atoms with Gasteiger partial charge in [0.1, 0.15) is 24.4 Å². The summed E-state index contributed by atoms with van der Waals surface area (Å²) in [6, 6.07) is -0.977. The molecular weight excluding hydrogens is 642 g/mol. The van der Waals surface area contributed by atoms with Crippen molar-refractivity contribution in [2.24, 2.45) is 0 Å². The lowest BCUT2D eigenvalue weighted by atomic mass is 9.99. The Kier molecular flexibility index (Phi) is 28.2. The lowest BCUT2D eigenvalue weighted by Crippen LogP contribution is -2.61. The van der Waals surface area contributed by atoms with E-state index in [0.29, 0.717) is 19.3 Å². The number of carboxylic acids is 1. The Bertz CT molecular complexity index is 833. The third-order valence-corrected chi connectivity index (χ3v) is 10.0. The highest BCUT2D eigenvalue weighted by molar-refractivity contribution is 5.80. The van der Waals surface area contributed by atoms with Gasteiger partial charge in [0.15, 0.2) is 12.4 Å². The molecule has 0 aromatic carbocycles. The Labute approximate surface area is 302 Å². The fraction of sp³-hybridized carbons (Fsp3) is 0.949. The van der Waals surface area contributed by atoms with Gasteiger partial charge in [0.2, 0.25) is 5.91 Å². The minimum Gasteiger partial charge on any atom is -0.479 e. The van der Waals surface area contributed by atoms with Crippen molar-refractivity contribution in [3.05, 3.63) is 0 Å². The van der Waals surface area contributed by atoms with Crippen molar-refractivity contribution in [2.75, 3.05) is 6.61 Å². The summed E-state index contributed by atoms with van der Waals surface area (Å²) in [7, 11) is 0. The van der Waals surface area contributed by atoms with Gasteiger partial charge in [0.05, 0.1) is 18.8 Å². The van der Waals surface area contributed by atoms with Gasteiger partial charge in [-0.2, -0.15) is 0 Å². The highest BCUT2D eigenvalue weighted by Crippen LogP contribution is 2.23. The van der Waals surface area contributed by atoms with Gasteiger partial charge < -0.3 is 45.4 Å². The molecule has 0 aromatic rings. The zero-order chi connectivity index (χ0) is 37.0. The molecule has 1 fully saturated rings. The number of carbonyl (C=O) groups is 2. The molecule has 1 heterocycles. The van der Waals surface area contributed by atoms with Gasteiger partial charge in [-0.15, -0.1) is 0 Å². The molecule has 0 bridgehead atoms. The summed E-state index contributed by atoms with van der Waals surface area (Å²) in [6.07, 6.45) is 17.7. The van der Waals surface area contributed by atoms with E-state index in [2.05, 4.69) is 19.2 Å². The van der Waals surface area contributed by atoms with E-state index in [-0.39, 0.29) is 6.61 Å². The number of aliphatic carboxylic acids is 1. The number of carboxylic acid groups (broad SMARTS) is 1. The second-order valence-corrected chi connectivity index (χ2v) is 14.6. The molecule has 0 aliphatic carbocycles. The lowest BCUT2D eigenvalue weighted by Gasteiger charge is -2.39. The van der Waals surface area contributed by atoms with Crippen LogP contribution in [-0.4, -0.2) is 98.1 Å². The van der Waals surface area contributed by atoms with Crippen LogP contribution in [0.5, 0.6) is 0 Å². The molecule has 1 amide bonds. The van der Waals surface area contributed by atoms with Crippen molar-refractivity contribution in [3.63, 3.8) is 0 Å². The zero-order valence-corrected chi connectivity index (χ0v) is 31.5. The molecule has 0 radical (unpaired) electrons. The van der Waals surface area contributed by atoms with Gasteiger partial charge in [0.25, 0.3) is 0 Å². The highest BCUT2D eigenvalue weighted by atomic mass is 16.7. The monoisotopic (exact) mass is 718 g/mol. The Morgan fingerprint density at radius 1 is 0.600 bits per heavy atom. The minimum atomic E-state index is -1.86. The predicted molar refractivity (Wildman–Crippen MR) is 196 cm³/mol. The number of amides is 1. The van der Waals surface area contributed by atoms with Gasteiger partial charge >= 0.3 is 5.97 Å². The summed E-state index contributed by atoms with van der Waals surface area (Å²) in [6.45, 7) is 4.08. The molecule has 1 rings (SSSR count). The first kappa shape index (κ1) is 46.7. The van der Waals surface area contributed by atoms with Gasteiger partial charge in [0, 0.05) is 0 Å². The number of ether oxygens (including phenoxy) is 2. The molecule has 0 spiro atoms. The summed E-state index contributed by atoms with van der Waals surface area (Å²) in [5, 5.41) is 64.1. The maximum absolute atomic E-state index is 13.0. The van der Waals surface area contributed by atoms with Crippen LogP contribution in [0.2, 0.25) is 0 Å². The van der Waals surface area contributed by atoms with Crippen LogP contribution in [0, 0.1) is 0 Å². The van der Waals surface area contributed by atoms with Crippen LogP contribution in [0.4, 0.5) is 0 Å². The summed E-state index contributed by atoms with van der Waals surface area (Å²) < 4.78 is 10.8. The van der Waals surface area contributed by atoms with Crippen molar-refractivity contribution < 1.29 is 49.7 Å². The van der Waals surface area contributed by atoms with E-state index >= 15 is 0 Å². The first-order chi connectivity index (χ1) is 24.1. The van der Waals surface area contributed by atoms with E-state index in [1.54, 1.807) is 0 Å². The van der Waals surface area contributed by atoms with Crippen molar-refractivity contribution in [2.45, 2.75) is 230 Å².